The van der Waals surface area contributed by atoms with Gasteiger partial charge in [-0.3, -0.25) is 30.6 Å². The molecule has 1 atom stereocenters. The van der Waals surface area contributed by atoms with Crippen molar-refractivity contribution in [2.75, 3.05) is 6.61 Å². The van der Waals surface area contributed by atoms with Crippen molar-refractivity contribution in [2.45, 2.75) is 26.4 Å². The number of hydrogen-bond donors (Lipinski definition) is 2. The molecular formula is C19H21N3O6. The zero-order valence-corrected chi connectivity index (χ0v) is 15.5. The molecule has 0 aromatic heterocycles. The lowest BCUT2D eigenvalue weighted by atomic mass is 10.2. The van der Waals surface area contributed by atoms with E-state index in [1.807, 2.05) is 19.1 Å². The van der Waals surface area contributed by atoms with Crippen LogP contribution >= 0.6 is 0 Å². The van der Waals surface area contributed by atoms with Crippen molar-refractivity contribution in [1.29, 1.82) is 0 Å². The average Bonchev–Trinajstić information content (AvgIpc) is 2.70. The van der Waals surface area contributed by atoms with Gasteiger partial charge in [-0.05, 0) is 37.1 Å². The normalized spacial score (nSPS) is 11.2. The number of nitrogens with zero attached hydrogens (tertiary/aromatic N) is 1. The summed E-state index contributed by atoms with van der Waals surface area (Å²) in [4.78, 5) is 34.2. The second-order valence-corrected chi connectivity index (χ2v) is 5.81. The molecule has 148 valence electrons. The number of nitro groups is 1. The SMILES string of the molecule is CCc1ccc(OCC(=O)NNC(=O)[C@H](C)Oc2ccccc2[N+](=O)[O-])cc1. The molecule has 2 amide bonds. The van der Waals surface area contributed by atoms with Crippen molar-refractivity contribution in [3.63, 3.8) is 0 Å². The number of nitrogens with one attached hydrogen (secondary N) is 2. The minimum atomic E-state index is -1.07. The van der Waals surface area contributed by atoms with Crippen molar-refractivity contribution in [2.24, 2.45) is 0 Å². The van der Waals surface area contributed by atoms with E-state index in [0.717, 1.165) is 12.0 Å². The molecule has 2 aromatic carbocycles. The number of para-hydroxylation sites is 2. The summed E-state index contributed by atoms with van der Waals surface area (Å²) in [5.74, 6) is -0.739. The Labute approximate surface area is 161 Å². The topological polar surface area (TPSA) is 120 Å². The Hall–Kier alpha value is -3.62. The summed E-state index contributed by atoms with van der Waals surface area (Å²) in [5, 5.41) is 11.0. The maximum Gasteiger partial charge on any atom is 0.310 e. The summed E-state index contributed by atoms with van der Waals surface area (Å²) in [6.45, 7) is 3.15. The molecule has 2 N–H and O–H groups in total. The van der Waals surface area contributed by atoms with Crippen molar-refractivity contribution in [1.82, 2.24) is 10.9 Å². The highest BCUT2D eigenvalue weighted by atomic mass is 16.6. The number of rotatable bonds is 8. The second kappa shape index (κ2) is 9.91. The molecule has 9 heteroatoms. The Morgan fingerprint density at radius 1 is 1.11 bits per heavy atom. The van der Waals surface area contributed by atoms with Gasteiger partial charge in [-0.15, -0.1) is 0 Å². The van der Waals surface area contributed by atoms with Gasteiger partial charge < -0.3 is 9.47 Å². The molecule has 28 heavy (non-hydrogen) atoms. The Morgan fingerprint density at radius 2 is 1.79 bits per heavy atom. The summed E-state index contributed by atoms with van der Waals surface area (Å²) < 4.78 is 10.6. The van der Waals surface area contributed by atoms with Gasteiger partial charge in [0.25, 0.3) is 11.8 Å². The highest BCUT2D eigenvalue weighted by molar-refractivity contribution is 5.85. The second-order valence-electron chi connectivity index (χ2n) is 5.81. The van der Waals surface area contributed by atoms with E-state index in [2.05, 4.69) is 10.9 Å². The van der Waals surface area contributed by atoms with Gasteiger partial charge in [-0.2, -0.15) is 0 Å². The molecule has 0 fully saturated rings. The summed E-state index contributed by atoms with van der Waals surface area (Å²) >= 11 is 0. The van der Waals surface area contributed by atoms with E-state index in [0.29, 0.717) is 5.75 Å². The fourth-order valence-electron chi connectivity index (χ4n) is 2.19. The molecule has 0 spiro atoms. The standard InChI is InChI=1S/C19H21N3O6/c1-3-14-8-10-15(11-9-14)27-12-18(23)20-21-19(24)13(2)28-17-7-5-4-6-16(17)22(25)26/h4-11,13H,3,12H2,1-2H3,(H,20,23)(H,21,24)/t13-/m0/s1. The fraction of sp³-hybridized carbons (Fsp3) is 0.263. The number of hydrogen-bond acceptors (Lipinski definition) is 6. The van der Waals surface area contributed by atoms with Gasteiger partial charge in [0.2, 0.25) is 0 Å². The van der Waals surface area contributed by atoms with Crippen LogP contribution in [-0.2, 0) is 16.0 Å². The van der Waals surface area contributed by atoms with Gasteiger partial charge in [0, 0.05) is 6.07 Å². The number of hydrazine groups is 1. The van der Waals surface area contributed by atoms with Gasteiger partial charge in [0.05, 0.1) is 4.92 Å². The van der Waals surface area contributed by atoms with Gasteiger partial charge in [0.1, 0.15) is 5.75 Å². The number of ether oxygens (including phenoxy) is 2. The number of carbonyl (C=O) groups is 2. The third kappa shape index (κ3) is 5.97. The monoisotopic (exact) mass is 387 g/mol. The molecule has 0 aliphatic carbocycles. The minimum absolute atomic E-state index is 0.0414. The molecular weight excluding hydrogens is 366 g/mol. The number of amides is 2. The van der Waals surface area contributed by atoms with E-state index in [9.17, 15) is 19.7 Å². The molecule has 0 heterocycles. The van der Waals surface area contributed by atoms with Gasteiger partial charge >= 0.3 is 5.69 Å². The first-order valence-corrected chi connectivity index (χ1v) is 8.61. The molecule has 2 aromatic rings. The van der Waals surface area contributed by atoms with Crippen LogP contribution in [0.1, 0.15) is 19.4 Å². The van der Waals surface area contributed by atoms with Gasteiger partial charge in [0.15, 0.2) is 18.5 Å². The third-order valence-corrected chi connectivity index (χ3v) is 3.76. The molecule has 0 bridgehead atoms. The van der Waals surface area contributed by atoms with Crippen LogP contribution < -0.4 is 20.3 Å². The maximum atomic E-state index is 12.0. The van der Waals surface area contributed by atoms with Crippen molar-refractivity contribution in [3.05, 3.63) is 64.2 Å². The first-order valence-electron chi connectivity index (χ1n) is 8.61. The predicted octanol–water partition coefficient (Wildman–Crippen LogP) is 2.15. The lowest BCUT2D eigenvalue weighted by Crippen LogP contribution is -2.48. The fourth-order valence-corrected chi connectivity index (χ4v) is 2.19. The smallest absolute Gasteiger partial charge is 0.310 e. The van der Waals surface area contributed by atoms with Crippen LogP contribution in [0.3, 0.4) is 0 Å². The van der Waals surface area contributed by atoms with Crippen LogP contribution in [0.4, 0.5) is 5.69 Å². The van der Waals surface area contributed by atoms with Crippen molar-refractivity contribution >= 4 is 17.5 Å². The lowest BCUT2D eigenvalue weighted by molar-refractivity contribution is -0.386. The van der Waals surface area contributed by atoms with Crippen molar-refractivity contribution in [3.8, 4) is 11.5 Å². The maximum absolute atomic E-state index is 12.0. The summed E-state index contributed by atoms with van der Waals surface area (Å²) in [6, 6.07) is 13.0. The van der Waals surface area contributed by atoms with Crippen LogP contribution in [-0.4, -0.2) is 29.4 Å². The molecule has 0 radical (unpaired) electrons. The molecule has 0 aliphatic heterocycles. The summed E-state index contributed by atoms with van der Waals surface area (Å²) in [6.07, 6.45) is -0.164. The molecule has 9 nitrogen and oxygen atoms in total. The molecule has 2 rings (SSSR count). The predicted molar refractivity (Wildman–Crippen MR) is 101 cm³/mol. The zero-order valence-electron chi connectivity index (χ0n) is 15.5. The molecule has 0 saturated carbocycles. The number of aryl methyl sites for hydroxylation is 1. The van der Waals surface area contributed by atoms with E-state index in [4.69, 9.17) is 9.47 Å². The van der Waals surface area contributed by atoms with Crippen LogP contribution in [0.15, 0.2) is 48.5 Å². The Kier molecular flexibility index (Phi) is 7.32. The van der Waals surface area contributed by atoms with E-state index in [-0.39, 0.29) is 18.0 Å². The minimum Gasteiger partial charge on any atom is -0.484 e. The van der Waals surface area contributed by atoms with E-state index in [1.165, 1.54) is 25.1 Å². The van der Waals surface area contributed by atoms with Gasteiger partial charge in [-0.25, -0.2) is 0 Å². The van der Waals surface area contributed by atoms with Crippen molar-refractivity contribution < 1.29 is 24.0 Å². The Bertz CT molecular complexity index is 838. The zero-order chi connectivity index (χ0) is 20.5. The molecule has 0 unspecified atom stereocenters. The van der Waals surface area contributed by atoms with E-state index >= 15 is 0 Å². The Morgan fingerprint density at radius 3 is 2.43 bits per heavy atom. The highest BCUT2D eigenvalue weighted by Crippen LogP contribution is 2.26. The van der Waals surface area contributed by atoms with E-state index < -0.39 is 22.8 Å². The third-order valence-electron chi connectivity index (χ3n) is 3.76. The first kappa shape index (κ1) is 20.7. The quantitative estimate of drug-likeness (QED) is 0.529. The summed E-state index contributed by atoms with van der Waals surface area (Å²) in [5.41, 5.74) is 5.29. The van der Waals surface area contributed by atoms with Crippen LogP contribution in [0.25, 0.3) is 0 Å². The largest absolute Gasteiger partial charge is 0.484 e. The van der Waals surface area contributed by atoms with Gasteiger partial charge in [-0.1, -0.05) is 31.2 Å². The molecule has 0 aliphatic rings. The first-order chi connectivity index (χ1) is 13.4. The highest BCUT2D eigenvalue weighted by Gasteiger charge is 2.21. The molecule has 0 saturated heterocycles. The van der Waals surface area contributed by atoms with E-state index in [1.54, 1.807) is 18.2 Å². The Balaban J connectivity index is 1.79. The number of benzene rings is 2. The lowest BCUT2D eigenvalue weighted by Gasteiger charge is -2.15. The summed E-state index contributed by atoms with van der Waals surface area (Å²) in [7, 11) is 0. The average molecular weight is 387 g/mol. The number of nitro benzene ring substituents is 1. The van der Waals surface area contributed by atoms with Crippen LogP contribution in [0, 0.1) is 10.1 Å². The van der Waals surface area contributed by atoms with Crippen LogP contribution in [0.5, 0.6) is 11.5 Å². The number of carbonyl (C=O) groups excluding carboxylic acids is 2. The van der Waals surface area contributed by atoms with Crippen LogP contribution in [0.2, 0.25) is 0 Å².